The zero-order valence-corrected chi connectivity index (χ0v) is 17.6. The predicted molar refractivity (Wildman–Crippen MR) is 112 cm³/mol. The van der Waals surface area contributed by atoms with E-state index in [1.54, 1.807) is 13.2 Å². The average Bonchev–Trinajstić information content (AvgIpc) is 3.22. The smallest absolute Gasteiger partial charge is 0.277 e. The maximum Gasteiger partial charge on any atom is 0.277 e. The molecule has 3 fully saturated rings. The van der Waals surface area contributed by atoms with Crippen molar-refractivity contribution in [3.63, 3.8) is 0 Å². The van der Waals surface area contributed by atoms with Crippen LogP contribution in [0.4, 0.5) is 5.69 Å². The number of nitro groups is 1. The molecule has 2 atom stereocenters. The Balaban J connectivity index is 1.65. The van der Waals surface area contributed by atoms with Gasteiger partial charge in [0.2, 0.25) is 0 Å². The Kier molecular flexibility index (Phi) is 6.25. The van der Waals surface area contributed by atoms with Gasteiger partial charge in [-0.2, -0.15) is 0 Å². The third kappa shape index (κ3) is 4.08. The lowest BCUT2D eigenvalue weighted by atomic mass is 9.78. The molecule has 4 rings (SSSR count). The molecule has 3 aliphatic rings. The minimum atomic E-state index is -0.293. The first-order valence-electron chi connectivity index (χ1n) is 11.0. The minimum absolute atomic E-state index is 0.124. The first-order valence-corrected chi connectivity index (χ1v) is 11.0. The SMILES string of the molecule is COc1cc(CN2CCN3CCC[C@@H]3[C@@H]2C2CCCCC2)c([N+](=O)[O-])cc1OC. The van der Waals surface area contributed by atoms with Crippen LogP contribution in [0.15, 0.2) is 12.1 Å². The summed E-state index contributed by atoms with van der Waals surface area (Å²) in [6.07, 6.45) is 9.10. The van der Waals surface area contributed by atoms with E-state index >= 15 is 0 Å². The zero-order valence-electron chi connectivity index (χ0n) is 17.6. The van der Waals surface area contributed by atoms with Crippen LogP contribution in [0.5, 0.6) is 11.5 Å². The third-order valence-corrected chi connectivity index (χ3v) is 7.19. The molecule has 1 saturated carbocycles. The molecule has 29 heavy (non-hydrogen) atoms. The summed E-state index contributed by atoms with van der Waals surface area (Å²) in [5.74, 6) is 1.67. The fraction of sp³-hybridized carbons (Fsp3) is 0.727. The number of rotatable bonds is 6. The van der Waals surface area contributed by atoms with E-state index in [4.69, 9.17) is 9.47 Å². The maximum absolute atomic E-state index is 11.8. The molecular formula is C22H33N3O4. The Hall–Kier alpha value is -1.86. The normalized spacial score (nSPS) is 26.3. The molecule has 0 bridgehead atoms. The summed E-state index contributed by atoms with van der Waals surface area (Å²) in [4.78, 5) is 16.7. The van der Waals surface area contributed by atoms with Gasteiger partial charge in [0.15, 0.2) is 11.5 Å². The van der Waals surface area contributed by atoms with Crippen molar-refractivity contribution in [2.45, 2.75) is 63.6 Å². The van der Waals surface area contributed by atoms with Crippen molar-refractivity contribution in [2.24, 2.45) is 5.92 Å². The van der Waals surface area contributed by atoms with Crippen LogP contribution in [0.2, 0.25) is 0 Å². The van der Waals surface area contributed by atoms with Crippen molar-refractivity contribution in [3.05, 3.63) is 27.8 Å². The molecule has 1 aromatic rings. The number of nitro benzene ring substituents is 1. The van der Waals surface area contributed by atoms with Gasteiger partial charge in [-0.15, -0.1) is 0 Å². The van der Waals surface area contributed by atoms with Gasteiger partial charge in [-0.25, -0.2) is 0 Å². The van der Waals surface area contributed by atoms with E-state index in [1.807, 2.05) is 0 Å². The number of methoxy groups -OCH3 is 2. The molecule has 1 aliphatic carbocycles. The summed E-state index contributed by atoms with van der Waals surface area (Å²) in [7, 11) is 3.09. The zero-order chi connectivity index (χ0) is 20.4. The third-order valence-electron chi connectivity index (χ3n) is 7.19. The minimum Gasteiger partial charge on any atom is -0.493 e. The van der Waals surface area contributed by atoms with Crippen LogP contribution >= 0.6 is 0 Å². The van der Waals surface area contributed by atoms with Gasteiger partial charge in [-0.3, -0.25) is 19.9 Å². The summed E-state index contributed by atoms with van der Waals surface area (Å²) in [6, 6.07) is 4.41. The number of hydrogen-bond donors (Lipinski definition) is 0. The van der Waals surface area contributed by atoms with E-state index < -0.39 is 0 Å². The molecule has 7 nitrogen and oxygen atoms in total. The molecule has 0 N–H and O–H groups in total. The van der Waals surface area contributed by atoms with Crippen LogP contribution in [0.3, 0.4) is 0 Å². The van der Waals surface area contributed by atoms with Crippen molar-refractivity contribution < 1.29 is 14.4 Å². The van der Waals surface area contributed by atoms with Crippen LogP contribution in [0.1, 0.15) is 50.5 Å². The van der Waals surface area contributed by atoms with Crippen LogP contribution in [0.25, 0.3) is 0 Å². The Morgan fingerprint density at radius 3 is 2.41 bits per heavy atom. The lowest BCUT2D eigenvalue weighted by Crippen LogP contribution is -2.59. The topological polar surface area (TPSA) is 68.1 Å². The van der Waals surface area contributed by atoms with E-state index in [2.05, 4.69) is 9.80 Å². The summed E-state index contributed by atoms with van der Waals surface area (Å²) < 4.78 is 10.7. The van der Waals surface area contributed by atoms with Gasteiger partial charge in [0.25, 0.3) is 5.69 Å². The number of benzene rings is 1. The molecule has 0 radical (unpaired) electrons. The van der Waals surface area contributed by atoms with Crippen molar-refractivity contribution in [3.8, 4) is 11.5 Å². The van der Waals surface area contributed by atoms with Gasteiger partial charge in [-0.05, 0) is 44.2 Å². The first-order chi connectivity index (χ1) is 14.1. The van der Waals surface area contributed by atoms with E-state index in [-0.39, 0.29) is 10.6 Å². The van der Waals surface area contributed by atoms with Crippen LogP contribution in [0, 0.1) is 16.0 Å². The van der Waals surface area contributed by atoms with Crippen molar-refractivity contribution >= 4 is 5.69 Å². The van der Waals surface area contributed by atoms with E-state index in [0.717, 1.165) is 18.7 Å². The van der Waals surface area contributed by atoms with Gasteiger partial charge in [-0.1, -0.05) is 19.3 Å². The fourth-order valence-electron chi connectivity index (χ4n) is 5.86. The molecule has 0 unspecified atom stereocenters. The highest BCUT2D eigenvalue weighted by Crippen LogP contribution is 2.40. The Labute approximate surface area is 173 Å². The van der Waals surface area contributed by atoms with E-state index in [0.29, 0.717) is 36.0 Å². The molecule has 0 aromatic heterocycles. The van der Waals surface area contributed by atoms with Crippen LogP contribution in [-0.2, 0) is 6.54 Å². The number of ether oxygens (including phenoxy) is 2. The molecule has 2 heterocycles. The Morgan fingerprint density at radius 1 is 1.00 bits per heavy atom. The standard InChI is InChI=1S/C22H33N3O4/c1-28-20-13-17(19(25(26)27)14-21(20)29-2)15-24-12-11-23-10-6-9-18(23)22(24)16-7-4-3-5-8-16/h13-14,16,18,22H,3-12,15H2,1-2H3/t18-,22+/m1/s1. The molecule has 160 valence electrons. The van der Waals surface area contributed by atoms with Gasteiger partial charge < -0.3 is 9.47 Å². The molecule has 0 spiro atoms. The van der Waals surface area contributed by atoms with Crippen LogP contribution < -0.4 is 9.47 Å². The second-order valence-electron chi connectivity index (χ2n) is 8.70. The lowest BCUT2D eigenvalue weighted by Gasteiger charge is -2.49. The fourth-order valence-corrected chi connectivity index (χ4v) is 5.86. The quantitative estimate of drug-likeness (QED) is 0.531. The van der Waals surface area contributed by atoms with Crippen molar-refractivity contribution in [1.82, 2.24) is 9.80 Å². The van der Waals surface area contributed by atoms with Gasteiger partial charge in [0.1, 0.15) is 0 Å². The highest BCUT2D eigenvalue weighted by Gasteiger charge is 2.43. The monoisotopic (exact) mass is 403 g/mol. The Bertz CT molecular complexity index is 735. The highest BCUT2D eigenvalue weighted by molar-refractivity contribution is 5.54. The molecule has 0 amide bonds. The maximum atomic E-state index is 11.8. The molecule has 7 heteroatoms. The largest absolute Gasteiger partial charge is 0.493 e. The second kappa shape index (κ2) is 8.88. The summed E-state index contributed by atoms with van der Waals surface area (Å²) in [5, 5.41) is 11.8. The lowest BCUT2D eigenvalue weighted by molar-refractivity contribution is -0.385. The van der Waals surface area contributed by atoms with Gasteiger partial charge in [0, 0.05) is 37.3 Å². The first kappa shape index (κ1) is 20.4. The van der Waals surface area contributed by atoms with E-state index in [9.17, 15) is 10.1 Å². The van der Waals surface area contributed by atoms with Crippen molar-refractivity contribution in [2.75, 3.05) is 33.9 Å². The van der Waals surface area contributed by atoms with Gasteiger partial charge in [0.05, 0.1) is 25.2 Å². The number of fused-ring (bicyclic) bond motifs is 1. The summed E-state index contributed by atoms with van der Waals surface area (Å²) >= 11 is 0. The van der Waals surface area contributed by atoms with Crippen molar-refractivity contribution in [1.29, 1.82) is 0 Å². The van der Waals surface area contributed by atoms with E-state index in [1.165, 1.54) is 64.7 Å². The molecule has 1 aromatic carbocycles. The van der Waals surface area contributed by atoms with Crippen LogP contribution in [-0.4, -0.2) is 60.7 Å². The number of hydrogen-bond acceptors (Lipinski definition) is 6. The number of piperazine rings is 1. The molecule has 2 aliphatic heterocycles. The highest BCUT2D eigenvalue weighted by atomic mass is 16.6. The average molecular weight is 404 g/mol. The molecular weight excluding hydrogens is 370 g/mol. The van der Waals surface area contributed by atoms with Gasteiger partial charge >= 0.3 is 0 Å². The predicted octanol–water partition coefficient (Wildman–Crippen LogP) is 3.84. The molecule has 2 saturated heterocycles. The second-order valence-corrected chi connectivity index (χ2v) is 8.70. The number of nitrogens with zero attached hydrogens (tertiary/aromatic N) is 3. The Morgan fingerprint density at radius 2 is 1.72 bits per heavy atom. The summed E-state index contributed by atoms with van der Waals surface area (Å²) in [6.45, 7) is 3.85. The summed E-state index contributed by atoms with van der Waals surface area (Å²) in [5.41, 5.74) is 0.846.